The van der Waals surface area contributed by atoms with Gasteiger partial charge in [-0.15, -0.1) is 0 Å². The zero-order chi connectivity index (χ0) is 17.1. The minimum atomic E-state index is -0.0120. The van der Waals surface area contributed by atoms with Crippen molar-refractivity contribution in [3.63, 3.8) is 0 Å². The summed E-state index contributed by atoms with van der Waals surface area (Å²) in [6.07, 6.45) is 0.352. The topological polar surface area (TPSA) is 46.9 Å². The zero-order valence-corrected chi connectivity index (χ0v) is 16.0. The van der Waals surface area contributed by atoms with E-state index in [0.29, 0.717) is 12.3 Å². The van der Waals surface area contributed by atoms with Crippen LogP contribution in [0, 0.1) is 26.7 Å². The van der Waals surface area contributed by atoms with Crippen LogP contribution in [0.3, 0.4) is 0 Å². The third-order valence-electron chi connectivity index (χ3n) is 3.85. The van der Waals surface area contributed by atoms with Gasteiger partial charge in [-0.3, -0.25) is 9.48 Å². The average Bonchev–Trinajstić information content (AvgIpc) is 2.70. The summed E-state index contributed by atoms with van der Waals surface area (Å²) < 4.78 is 3.05. The lowest BCUT2D eigenvalue weighted by Crippen LogP contribution is -2.15. The van der Waals surface area contributed by atoms with Crippen molar-refractivity contribution >= 4 is 27.5 Å². The average molecular weight is 378 g/mol. The van der Waals surface area contributed by atoms with Crippen LogP contribution in [0.5, 0.6) is 0 Å². The highest BCUT2D eigenvalue weighted by Crippen LogP contribution is 2.21. The lowest BCUT2D eigenvalue weighted by molar-refractivity contribution is -0.115. The molecule has 0 saturated carbocycles. The highest BCUT2D eigenvalue weighted by atomic mass is 79.9. The molecule has 5 heteroatoms. The molecule has 1 N–H and O–H groups in total. The number of halogens is 1. The van der Waals surface area contributed by atoms with E-state index < -0.39 is 0 Å². The van der Waals surface area contributed by atoms with Crippen molar-refractivity contribution in [3.8, 4) is 0 Å². The molecule has 0 aliphatic heterocycles. The van der Waals surface area contributed by atoms with E-state index in [1.54, 1.807) is 0 Å². The summed E-state index contributed by atoms with van der Waals surface area (Å²) in [6.45, 7) is 11.2. The number of carbonyl (C=O) groups excluding carboxylic acids is 1. The van der Waals surface area contributed by atoms with Gasteiger partial charge in [0.15, 0.2) is 0 Å². The lowest BCUT2D eigenvalue weighted by atomic mass is 10.1. The van der Waals surface area contributed by atoms with Crippen molar-refractivity contribution in [2.75, 3.05) is 5.32 Å². The monoisotopic (exact) mass is 377 g/mol. The fourth-order valence-corrected chi connectivity index (χ4v) is 2.85. The van der Waals surface area contributed by atoms with E-state index in [-0.39, 0.29) is 5.91 Å². The van der Waals surface area contributed by atoms with E-state index in [0.717, 1.165) is 39.2 Å². The number of aryl methyl sites for hydroxylation is 2. The summed E-state index contributed by atoms with van der Waals surface area (Å²) in [7, 11) is 0. The van der Waals surface area contributed by atoms with Crippen LogP contribution in [0.25, 0.3) is 0 Å². The minimum Gasteiger partial charge on any atom is -0.326 e. The fourth-order valence-electron chi connectivity index (χ4n) is 2.60. The molecule has 0 fully saturated rings. The van der Waals surface area contributed by atoms with Crippen molar-refractivity contribution in [1.29, 1.82) is 0 Å². The first-order valence-corrected chi connectivity index (χ1v) is 8.66. The summed E-state index contributed by atoms with van der Waals surface area (Å²) in [4.78, 5) is 12.4. The quantitative estimate of drug-likeness (QED) is 0.838. The Labute approximate surface area is 146 Å². The SMILES string of the molecule is Cc1cc(NC(=O)Cc2c(C)nn(CC(C)C)c2C)ccc1Br. The van der Waals surface area contributed by atoms with Crippen molar-refractivity contribution < 1.29 is 4.79 Å². The molecule has 0 bridgehead atoms. The maximum absolute atomic E-state index is 12.4. The first kappa shape index (κ1) is 17.7. The number of benzene rings is 1. The van der Waals surface area contributed by atoms with E-state index >= 15 is 0 Å². The molecule has 0 aliphatic rings. The Balaban J connectivity index is 2.11. The number of anilines is 1. The van der Waals surface area contributed by atoms with Gasteiger partial charge in [0, 0.05) is 28.0 Å². The Morgan fingerprint density at radius 2 is 2.00 bits per heavy atom. The van der Waals surface area contributed by atoms with Gasteiger partial charge in [0.2, 0.25) is 5.91 Å². The smallest absolute Gasteiger partial charge is 0.228 e. The molecule has 0 spiro atoms. The number of rotatable bonds is 5. The summed E-state index contributed by atoms with van der Waals surface area (Å²) in [5, 5.41) is 7.53. The number of nitrogens with one attached hydrogen (secondary N) is 1. The normalized spacial score (nSPS) is 11.1. The molecule has 0 atom stereocenters. The van der Waals surface area contributed by atoms with Crippen LogP contribution >= 0.6 is 15.9 Å². The molecule has 0 saturated heterocycles. The Kier molecular flexibility index (Phi) is 5.63. The van der Waals surface area contributed by atoms with Crippen LogP contribution in [0.15, 0.2) is 22.7 Å². The maximum Gasteiger partial charge on any atom is 0.228 e. The molecular weight excluding hydrogens is 354 g/mol. The molecule has 1 aromatic carbocycles. The van der Waals surface area contributed by atoms with Crippen LogP contribution in [-0.2, 0) is 17.8 Å². The minimum absolute atomic E-state index is 0.0120. The number of hydrogen-bond donors (Lipinski definition) is 1. The van der Waals surface area contributed by atoms with Crippen LogP contribution in [0.1, 0.15) is 36.4 Å². The molecule has 23 heavy (non-hydrogen) atoms. The van der Waals surface area contributed by atoms with E-state index in [1.165, 1.54) is 0 Å². The van der Waals surface area contributed by atoms with Gasteiger partial charge in [-0.25, -0.2) is 0 Å². The first-order valence-electron chi connectivity index (χ1n) is 7.86. The van der Waals surface area contributed by atoms with Crippen molar-refractivity contribution in [3.05, 3.63) is 45.2 Å². The summed E-state index contributed by atoms with van der Waals surface area (Å²) in [5.74, 6) is 0.516. The molecule has 4 nitrogen and oxygen atoms in total. The number of nitrogens with zero attached hydrogens (tertiary/aromatic N) is 2. The number of hydrogen-bond acceptors (Lipinski definition) is 2. The van der Waals surface area contributed by atoms with Gasteiger partial charge < -0.3 is 5.32 Å². The highest BCUT2D eigenvalue weighted by molar-refractivity contribution is 9.10. The van der Waals surface area contributed by atoms with E-state index in [9.17, 15) is 4.79 Å². The molecule has 124 valence electrons. The van der Waals surface area contributed by atoms with Gasteiger partial charge in [0.25, 0.3) is 0 Å². The molecule has 2 aromatic rings. The Morgan fingerprint density at radius 3 is 2.61 bits per heavy atom. The van der Waals surface area contributed by atoms with E-state index in [2.05, 4.69) is 40.2 Å². The summed E-state index contributed by atoms with van der Waals surface area (Å²) in [5.41, 5.74) is 4.96. The van der Waals surface area contributed by atoms with Gasteiger partial charge in [-0.2, -0.15) is 5.10 Å². The molecule has 1 aromatic heterocycles. The van der Waals surface area contributed by atoms with E-state index in [4.69, 9.17) is 0 Å². The van der Waals surface area contributed by atoms with Crippen LogP contribution in [-0.4, -0.2) is 15.7 Å². The van der Waals surface area contributed by atoms with Crippen molar-refractivity contribution in [1.82, 2.24) is 9.78 Å². The first-order chi connectivity index (χ1) is 10.8. The molecule has 1 amide bonds. The Morgan fingerprint density at radius 1 is 1.30 bits per heavy atom. The maximum atomic E-state index is 12.4. The lowest BCUT2D eigenvalue weighted by Gasteiger charge is -2.09. The van der Waals surface area contributed by atoms with Gasteiger partial charge in [-0.05, 0) is 50.5 Å². The Bertz CT molecular complexity index is 719. The predicted octanol–water partition coefficient (Wildman–Crippen LogP) is 4.41. The van der Waals surface area contributed by atoms with E-state index in [1.807, 2.05) is 43.7 Å². The third kappa shape index (κ3) is 4.44. The van der Waals surface area contributed by atoms with Gasteiger partial charge in [-0.1, -0.05) is 29.8 Å². The molecular formula is C18H24BrN3O. The summed E-state index contributed by atoms with van der Waals surface area (Å²) >= 11 is 3.47. The van der Waals surface area contributed by atoms with Gasteiger partial charge in [0.1, 0.15) is 0 Å². The largest absolute Gasteiger partial charge is 0.326 e. The zero-order valence-electron chi connectivity index (χ0n) is 14.4. The summed E-state index contributed by atoms with van der Waals surface area (Å²) in [6, 6.07) is 5.81. The third-order valence-corrected chi connectivity index (χ3v) is 4.74. The fraction of sp³-hybridized carbons (Fsp3) is 0.444. The predicted molar refractivity (Wildman–Crippen MR) is 97.8 cm³/mol. The van der Waals surface area contributed by atoms with Crippen molar-refractivity contribution in [2.24, 2.45) is 5.92 Å². The number of aromatic nitrogens is 2. The molecule has 0 unspecified atom stereocenters. The molecule has 0 radical (unpaired) electrons. The standard InChI is InChI=1S/C18H24BrN3O/c1-11(2)10-22-14(5)16(13(4)21-22)9-18(23)20-15-6-7-17(19)12(3)8-15/h6-8,11H,9-10H2,1-5H3,(H,20,23). The highest BCUT2D eigenvalue weighted by Gasteiger charge is 2.15. The van der Waals surface area contributed by atoms with Crippen molar-refractivity contribution in [2.45, 2.75) is 47.6 Å². The van der Waals surface area contributed by atoms with Crippen LogP contribution in [0.2, 0.25) is 0 Å². The molecule has 1 heterocycles. The second-order valence-electron chi connectivity index (χ2n) is 6.41. The number of carbonyl (C=O) groups is 1. The number of amides is 1. The van der Waals surface area contributed by atoms with Gasteiger partial charge in [0.05, 0.1) is 12.1 Å². The second kappa shape index (κ2) is 7.30. The molecule has 2 rings (SSSR count). The van der Waals surface area contributed by atoms with Crippen LogP contribution < -0.4 is 5.32 Å². The van der Waals surface area contributed by atoms with Gasteiger partial charge >= 0.3 is 0 Å². The second-order valence-corrected chi connectivity index (χ2v) is 7.27. The Hall–Kier alpha value is -1.62. The molecule has 0 aliphatic carbocycles. The van der Waals surface area contributed by atoms with Crippen LogP contribution in [0.4, 0.5) is 5.69 Å².